The normalized spacial score (nSPS) is 21.9. The molecule has 4 aromatic rings. The molecule has 1 aliphatic carbocycles. The third-order valence-corrected chi connectivity index (χ3v) is 7.74. The molecule has 38 heavy (non-hydrogen) atoms. The largest absolute Gasteiger partial charge is 0.327 e. The van der Waals surface area contributed by atoms with Crippen LogP contribution in [0, 0.1) is 19.3 Å². The Morgan fingerprint density at radius 1 is 1.08 bits per heavy atom. The summed E-state index contributed by atoms with van der Waals surface area (Å²) in [4.78, 5) is 58.8. The Labute approximate surface area is 219 Å². The van der Waals surface area contributed by atoms with Gasteiger partial charge in [-0.15, -0.1) is 0 Å². The Hall–Kier alpha value is -4.34. The molecule has 6 rings (SSSR count). The van der Waals surface area contributed by atoms with Crippen molar-refractivity contribution in [2.24, 2.45) is 5.41 Å². The topological polar surface area (TPSA) is 124 Å². The Balaban J connectivity index is 1.36. The fourth-order valence-electron chi connectivity index (χ4n) is 5.69. The van der Waals surface area contributed by atoms with Gasteiger partial charge in [-0.1, -0.05) is 13.0 Å². The van der Waals surface area contributed by atoms with Gasteiger partial charge in [-0.2, -0.15) is 5.10 Å². The van der Waals surface area contributed by atoms with Crippen LogP contribution in [0.2, 0.25) is 0 Å². The first-order valence-corrected chi connectivity index (χ1v) is 12.6. The van der Waals surface area contributed by atoms with Crippen LogP contribution in [-0.4, -0.2) is 64.2 Å². The molecule has 1 aliphatic heterocycles. The number of hydrogen-bond donors (Lipinski definition) is 0. The molecule has 0 N–H and O–H groups in total. The Morgan fingerprint density at radius 2 is 1.84 bits per heavy atom. The van der Waals surface area contributed by atoms with Crippen molar-refractivity contribution in [1.82, 2.24) is 34.6 Å². The number of aryl methyl sites for hydroxylation is 2. The number of hydrogen-bond acceptors (Lipinski definition) is 8. The van der Waals surface area contributed by atoms with E-state index in [1.54, 1.807) is 59.4 Å². The summed E-state index contributed by atoms with van der Waals surface area (Å²) < 4.78 is 1.55. The number of nitrogens with zero attached hydrogens (tertiary/aromatic N) is 7. The van der Waals surface area contributed by atoms with E-state index in [2.05, 4.69) is 27.0 Å². The van der Waals surface area contributed by atoms with Crippen LogP contribution < -0.4 is 0 Å². The zero-order chi connectivity index (χ0) is 26.8. The molecule has 4 aromatic heterocycles. The van der Waals surface area contributed by atoms with Crippen molar-refractivity contribution in [2.75, 3.05) is 0 Å². The summed E-state index contributed by atoms with van der Waals surface area (Å²) in [7, 11) is 0. The van der Waals surface area contributed by atoms with Crippen molar-refractivity contribution in [3.05, 3.63) is 65.8 Å². The molecule has 1 amide bonds. The summed E-state index contributed by atoms with van der Waals surface area (Å²) in [5.41, 5.74) is 3.15. The molecule has 1 saturated carbocycles. The molecule has 10 heteroatoms. The van der Waals surface area contributed by atoms with E-state index >= 15 is 0 Å². The summed E-state index contributed by atoms with van der Waals surface area (Å²) >= 11 is 0. The first kappa shape index (κ1) is 24.0. The number of amides is 1. The van der Waals surface area contributed by atoms with Crippen molar-refractivity contribution in [2.45, 2.75) is 59.2 Å². The SMILES string of the molecule is CC(=O)c1nn(CC(=O)N2C3C[C@]3(C)C[C@H]2C(=O)c2ccccn2)c2c(C)nc(-c3cnc(C)nc3)cc12. The average molecular weight is 510 g/mol. The molecule has 0 bridgehead atoms. The standard InChI is InChI=1S/C28H27N7O3/c1-15-26-19(9-21(32-15)18-12-30-17(3)31-13-18)25(16(2)36)33-34(26)14-24(37)35-22(10-28(4)11-23(28)35)27(38)20-7-5-6-8-29-20/h5-9,12-13,22-23H,10-11,14H2,1-4H3/t22-,23?,28-/m0/s1. The highest BCUT2D eigenvalue weighted by Gasteiger charge is 2.64. The quantitative estimate of drug-likeness (QED) is 0.363. The fraction of sp³-hybridized carbons (Fsp3) is 0.357. The van der Waals surface area contributed by atoms with Crippen LogP contribution in [0.3, 0.4) is 0 Å². The maximum atomic E-state index is 13.8. The lowest BCUT2D eigenvalue weighted by Gasteiger charge is -2.26. The number of carbonyl (C=O) groups excluding carboxylic acids is 3. The molecule has 5 heterocycles. The van der Waals surface area contributed by atoms with E-state index in [1.165, 1.54) is 6.92 Å². The summed E-state index contributed by atoms with van der Waals surface area (Å²) in [5.74, 6) is 0.0817. The number of pyridine rings is 2. The summed E-state index contributed by atoms with van der Waals surface area (Å²) in [6, 6.07) is 6.45. The minimum atomic E-state index is -0.567. The van der Waals surface area contributed by atoms with E-state index in [0.717, 1.165) is 12.0 Å². The number of fused-ring (bicyclic) bond motifs is 2. The Bertz CT molecular complexity index is 1610. The Morgan fingerprint density at radius 3 is 2.53 bits per heavy atom. The number of aromatic nitrogens is 6. The van der Waals surface area contributed by atoms with E-state index in [9.17, 15) is 14.4 Å². The number of likely N-dealkylation sites (tertiary alicyclic amines) is 1. The smallest absolute Gasteiger partial charge is 0.245 e. The zero-order valence-corrected chi connectivity index (χ0v) is 21.7. The second-order valence-corrected chi connectivity index (χ2v) is 10.5. The highest BCUT2D eigenvalue weighted by Crippen LogP contribution is 2.59. The van der Waals surface area contributed by atoms with Gasteiger partial charge >= 0.3 is 0 Å². The monoisotopic (exact) mass is 509 g/mol. The molecule has 192 valence electrons. The van der Waals surface area contributed by atoms with Gasteiger partial charge < -0.3 is 4.90 Å². The highest BCUT2D eigenvalue weighted by atomic mass is 16.2. The van der Waals surface area contributed by atoms with Crippen molar-refractivity contribution in [1.29, 1.82) is 0 Å². The number of ketones is 2. The van der Waals surface area contributed by atoms with Crippen LogP contribution in [0.4, 0.5) is 0 Å². The molecule has 0 radical (unpaired) electrons. The van der Waals surface area contributed by atoms with Crippen LogP contribution in [0.1, 0.15) is 59.2 Å². The molecule has 2 aliphatic rings. The maximum Gasteiger partial charge on any atom is 0.245 e. The molecule has 2 fully saturated rings. The molecule has 1 unspecified atom stereocenters. The average Bonchev–Trinajstić information content (AvgIpc) is 3.25. The summed E-state index contributed by atoms with van der Waals surface area (Å²) in [5, 5.41) is 5.16. The van der Waals surface area contributed by atoms with Gasteiger partial charge in [0.05, 0.1) is 22.9 Å². The lowest BCUT2D eigenvalue weighted by Crippen LogP contribution is -2.45. The molecule has 1 saturated heterocycles. The van der Waals surface area contributed by atoms with Crippen LogP contribution in [0.5, 0.6) is 0 Å². The number of rotatable bonds is 6. The third kappa shape index (κ3) is 3.87. The molecular weight excluding hydrogens is 482 g/mol. The van der Waals surface area contributed by atoms with E-state index < -0.39 is 6.04 Å². The van der Waals surface area contributed by atoms with E-state index in [4.69, 9.17) is 4.98 Å². The van der Waals surface area contributed by atoms with Gasteiger partial charge in [0.15, 0.2) is 5.78 Å². The second-order valence-electron chi connectivity index (χ2n) is 10.5. The molecule has 0 spiro atoms. The maximum absolute atomic E-state index is 13.8. The van der Waals surface area contributed by atoms with Crippen molar-refractivity contribution >= 4 is 28.4 Å². The van der Waals surface area contributed by atoms with Gasteiger partial charge in [0.2, 0.25) is 11.7 Å². The van der Waals surface area contributed by atoms with Crippen LogP contribution in [0.15, 0.2) is 42.9 Å². The van der Waals surface area contributed by atoms with Gasteiger partial charge in [-0.05, 0) is 50.3 Å². The summed E-state index contributed by atoms with van der Waals surface area (Å²) in [6.45, 7) is 7.10. The van der Waals surface area contributed by atoms with E-state index in [0.29, 0.717) is 40.2 Å². The van der Waals surface area contributed by atoms with Crippen LogP contribution in [0.25, 0.3) is 22.2 Å². The number of carbonyl (C=O) groups is 3. The Kier molecular flexibility index (Phi) is 5.44. The van der Waals surface area contributed by atoms with Crippen LogP contribution in [-0.2, 0) is 11.3 Å². The van der Waals surface area contributed by atoms with Crippen molar-refractivity contribution < 1.29 is 14.4 Å². The van der Waals surface area contributed by atoms with Crippen molar-refractivity contribution in [3.8, 4) is 11.3 Å². The van der Waals surface area contributed by atoms with Gasteiger partial charge in [-0.3, -0.25) is 29.0 Å². The predicted molar refractivity (Wildman–Crippen MR) is 138 cm³/mol. The minimum Gasteiger partial charge on any atom is -0.327 e. The van der Waals surface area contributed by atoms with Crippen LogP contribution >= 0.6 is 0 Å². The highest BCUT2D eigenvalue weighted by molar-refractivity contribution is 6.06. The van der Waals surface area contributed by atoms with E-state index in [1.807, 2.05) is 6.92 Å². The molecule has 0 aromatic carbocycles. The summed E-state index contributed by atoms with van der Waals surface area (Å²) in [6.07, 6.45) is 6.45. The van der Waals surface area contributed by atoms with Gasteiger partial charge in [0, 0.05) is 42.5 Å². The molecular formula is C28H27N7O3. The van der Waals surface area contributed by atoms with Gasteiger partial charge in [0.1, 0.15) is 23.8 Å². The molecule has 3 atom stereocenters. The molecule has 10 nitrogen and oxygen atoms in total. The second kappa shape index (κ2) is 8.61. The lowest BCUT2D eigenvalue weighted by atomic mass is 9.97. The first-order chi connectivity index (χ1) is 18.2. The number of piperidine rings is 1. The fourth-order valence-corrected chi connectivity index (χ4v) is 5.69. The first-order valence-electron chi connectivity index (χ1n) is 12.6. The lowest BCUT2D eigenvalue weighted by molar-refractivity contribution is -0.133. The van der Waals surface area contributed by atoms with E-state index in [-0.39, 0.29) is 41.2 Å². The number of Topliss-reactive ketones (excluding diaryl/α,β-unsaturated/α-hetero) is 2. The van der Waals surface area contributed by atoms with Gasteiger partial charge in [-0.25, -0.2) is 9.97 Å². The predicted octanol–water partition coefficient (Wildman–Crippen LogP) is 3.37. The zero-order valence-electron chi connectivity index (χ0n) is 21.7. The van der Waals surface area contributed by atoms with Crippen molar-refractivity contribution in [3.63, 3.8) is 0 Å². The minimum absolute atomic E-state index is 0.00845. The third-order valence-electron chi connectivity index (χ3n) is 7.74. The van der Waals surface area contributed by atoms with Gasteiger partial charge in [0.25, 0.3) is 0 Å².